The van der Waals surface area contributed by atoms with E-state index in [0.29, 0.717) is 12.5 Å². The summed E-state index contributed by atoms with van der Waals surface area (Å²) in [4.78, 5) is 29.0. The molecule has 122 valence electrons. The molecule has 4 rings (SSSR count). The van der Waals surface area contributed by atoms with E-state index < -0.39 is 0 Å². The normalized spacial score (nSPS) is 25.0. The van der Waals surface area contributed by atoms with Crippen molar-refractivity contribution in [2.75, 3.05) is 26.2 Å². The highest BCUT2D eigenvalue weighted by atomic mass is 79.9. The molecule has 0 N–H and O–H groups in total. The molecule has 2 amide bonds. The lowest BCUT2D eigenvalue weighted by atomic mass is 9.86. The van der Waals surface area contributed by atoms with Gasteiger partial charge in [0.2, 0.25) is 5.91 Å². The summed E-state index contributed by atoms with van der Waals surface area (Å²) in [6.45, 7) is 4.74. The molecule has 1 spiro atoms. The smallest absolute Gasteiger partial charge is 0.254 e. The highest BCUT2D eigenvalue weighted by molar-refractivity contribution is 9.10. The fourth-order valence-corrected chi connectivity index (χ4v) is 4.33. The second kappa shape index (κ2) is 5.33. The van der Waals surface area contributed by atoms with Crippen molar-refractivity contribution < 1.29 is 9.59 Å². The molecule has 5 heteroatoms. The van der Waals surface area contributed by atoms with Gasteiger partial charge in [-0.3, -0.25) is 9.59 Å². The number of amides is 2. The number of carbonyl (C=O) groups is 2. The molecule has 0 bridgehead atoms. The molecule has 2 aliphatic heterocycles. The standard InChI is InChI=1S/C18H21BrN2O2/c1-12-4-7-20(9-12)16(22)10-21-11-18(5-6-18)15-8-13(19)2-3-14(15)17(21)23/h2-3,8,12H,4-7,9-11H2,1H3/t12-/m0/s1. The molecule has 4 nitrogen and oxygen atoms in total. The first kappa shape index (κ1) is 15.2. The number of likely N-dealkylation sites (tertiary alicyclic amines) is 1. The maximum absolute atomic E-state index is 12.8. The molecule has 0 unspecified atom stereocenters. The van der Waals surface area contributed by atoms with Crippen LogP contribution in [0.15, 0.2) is 22.7 Å². The van der Waals surface area contributed by atoms with Crippen LogP contribution < -0.4 is 0 Å². The van der Waals surface area contributed by atoms with Gasteiger partial charge >= 0.3 is 0 Å². The molecule has 1 saturated carbocycles. The maximum Gasteiger partial charge on any atom is 0.254 e. The Labute approximate surface area is 145 Å². The minimum atomic E-state index is 0.00520. The van der Waals surface area contributed by atoms with E-state index in [2.05, 4.69) is 28.9 Å². The summed E-state index contributed by atoms with van der Waals surface area (Å²) in [7, 11) is 0. The Bertz CT molecular complexity index is 684. The SMILES string of the molecule is C[C@H]1CCN(C(=O)CN2CC3(CC3)c3cc(Br)ccc3C2=O)C1. The fourth-order valence-electron chi connectivity index (χ4n) is 3.97. The monoisotopic (exact) mass is 376 g/mol. The van der Waals surface area contributed by atoms with E-state index >= 15 is 0 Å². The average Bonchev–Trinajstić information content (AvgIpc) is 3.16. The molecule has 3 aliphatic rings. The lowest BCUT2D eigenvalue weighted by Crippen LogP contribution is -2.48. The highest BCUT2D eigenvalue weighted by Crippen LogP contribution is 2.52. The lowest BCUT2D eigenvalue weighted by molar-refractivity contribution is -0.131. The van der Waals surface area contributed by atoms with Crippen molar-refractivity contribution >= 4 is 27.7 Å². The summed E-state index contributed by atoms with van der Waals surface area (Å²) in [5.74, 6) is 0.675. The van der Waals surface area contributed by atoms with Crippen molar-refractivity contribution in [3.05, 3.63) is 33.8 Å². The first-order valence-corrected chi connectivity index (χ1v) is 9.15. The Morgan fingerprint density at radius 2 is 2.17 bits per heavy atom. The van der Waals surface area contributed by atoms with Crippen molar-refractivity contribution in [2.45, 2.75) is 31.6 Å². The third-order valence-electron chi connectivity index (χ3n) is 5.52. The molecule has 0 aromatic heterocycles. The lowest BCUT2D eigenvalue weighted by Gasteiger charge is -2.35. The van der Waals surface area contributed by atoms with Crippen molar-refractivity contribution in [2.24, 2.45) is 5.92 Å². The third kappa shape index (κ3) is 2.59. The van der Waals surface area contributed by atoms with Crippen molar-refractivity contribution in [1.82, 2.24) is 9.80 Å². The molecule has 1 aromatic carbocycles. The molecular formula is C18H21BrN2O2. The number of carbonyl (C=O) groups excluding carboxylic acids is 2. The molecule has 23 heavy (non-hydrogen) atoms. The number of rotatable bonds is 2. The van der Waals surface area contributed by atoms with E-state index in [1.165, 1.54) is 0 Å². The largest absolute Gasteiger partial charge is 0.341 e. The summed E-state index contributed by atoms with van der Waals surface area (Å²) >= 11 is 3.51. The molecule has 1 aromatic rings. The topological polar surface area (TPSA) is 40.6 Å². The van der Waals surface area contributed by atoms with Crippen LogP contribution in [-0.2, 0) is 10.2 Å². The zero-order valence-corrected chi connectivity index (χ0v) is 14.9. The van der Waals surface area contributed by atoms with Crippen LogP contribution in [0.1, 0.15) is 42.1 Å². The van der Waals surface area contributed by atoms with Gasteiger partial charge in [0.05, 0.1) is 0 Å². The first-order valence-electron chi connectivity index (χ1n) is 8.36. The van der Waals surface area contributed by atoms with E-state index in [0.717, 1.165) is 48.0 Å². The summed E-state index contributed by atoms with van der Waals surface area (Å²) < 4.78 is 1.02. The van der Waals surface area contributed by atoms with Crippen LogP contribution >= 0.6 is 15.9 Å². The van der Waals surface area contributed by atoms with Gasteiger partial charge < -0.3 is 9.80 Å². The van der Waals surface area contributed by atoms with Gasteiger partial charge in [-0.2, -0.15) is 0 Å². The van der Waals surface area contributed by atoms with Crippen LogP contribution in [0.3, 0.4) is 0 Å². The van der Waals surface area contributed by atoms with E-state index in [9.17, 15) is 9.59 Å². The van der Waals surface area contributed by atoms with E-state index in [1.807, 2.05) is 17.0 Å². The summed E-state index contributed by atoms with van der Waals surface area (Å²) in [6.07, 6.45) is 3.28. The number of hydrogen-bond acceptors (Lipinski definition) is 2. The van der Waals surface area contributed by atoms with Crippen molar-refractivity contribution in [3.8, 4) is 0 Å². The Kier molecular flexibility index (Phi) is 3.52. The quantitative estimate of drug-likeness (QED) is 0.795. The van der Waals surface area contributed by atoms with Crippen LogP contribution in [0, 0.1) is 5.92 Å². The van der Waals surface area contributed by atoms with Crippen molar-refractivity contribution in [3.63, 3.8) is 0 Å². The van der Waals surface area contributed by atoms with Gasteiger partial charge in [-0.1, -0.05) is 22.9 Å². The fraction of sp³-hybridized carbons (Fsp3) is 0.556. The molecule has 2 heterocycles. The second-order valence-corrected chi connectivity index (χ2v) is 8.28. The van der Waals surface area contributed by atoms with Crippen LogP contribution in [0.25, 0.3) is 0 Å². The number of halogens is 1. The summed E-state index contributed by atoms with van der Waals surface area (Å²) in [6, 6.07) is 5.90. The number of nitrogens with zero attached hydrogens (tertiary/aromatic N) is 2. The van der Waals surface area contributed by atoms with Gasteiger partial charge in [0.25, 0.3) is 5.91 Å². The summed E-state index contributed by atoms with van der Waals surface area (Å²) in [5, 5.41) is 0. The van der Waals surface area contributed by atoms with Crippen molar-refractivity contribution in [1.29, 1.82) is 0 Å². The molecule has 0 radical (unpaired) electrons. The minimum Gasteiger partial charge on any atom is -0.341 e. The third-order valence-corrected chi connectivity index (χ3v) is 6.01. The van der Waals surface area contributed by atoms with Crippen LogP contribution in [0.2, 0.25) is 0 Å². The molecular weight excluding hydrogens is 356 g/mol. The van der Waals surface area contributed by atoms with Crippen LogP contribution in [-0.4, -0.2) is 47.8 Å². The van der Waals surface area contributed by atoms with Gasteiger partial charge in [-0.05, 0) is 48.9 Å². The molecule has 1 saturated heterocycles. The Balaban J connectivity index is 1.56. The predicted octanol–water partition coefficient (Wildman–Crippen LogP) is 2.80. The second-order valence-electron chi connectivity index (χ2n) is 7.37. The number of benzene rings is 1. The van der Waals surface area contributed by atoms with Crippen LogP contribution in [0.4, 0.5) is 0 Å². The van der Waals surface area contributed by atoms with Crippen LogP contribution in [0.5, 0.6) is 0 Å². The number of hydrogen-bond donors (Lipinski definition) is 0. The first-order chi connectivity index (χ1) is 11.0. The average molecular weight is 377 g/mol. The molecule has 1 atom stereocenters. The Morgan fingerprint density at radius 1 is 1.39 bits per heavy atom. The summed E-state index contributed by atoms with van der Waals surface area (Å²) in [5.41, 5.74) is 2.03. The highest BCUT2D eigenvalue weighted by Gasteiger charge is 2.51. The molecule has 1 aliphatic carbocycles. The zero-order chi connectivity index (χ0) is 16.2. The van der Waals surface area contributed by atoms with E-state index in [4.69, 9.17) is 0 Å². The predicted molar refractivity (Wildman–Crippen MR) is 91.3 cm³/mol. The van der Waals surface area contributed by atoms with E-state index in [1.54, 1.807) is 4.90 Å². The van der Waals surface area contributed by atoms with Gasteiger partial charge in [0, 0.05) is 35.1 Å². The minimum absolute atomic E-state index is 0.00520. The number of fused-ring (bicyclic) bond motifs is 2. The maximum atomic E-state index is 12.8. The van der Waals surface area contributed by atoms with E-state index in [-0.39, 0.29) is 23.8 Å². The Hall–Kier alpha value is -1.36. The van der Waals surface area contributed by atoms with Gasteiger partial charge in [-0.25, -0.2) is 0 Å². The van der Waals surface area contributed by atoms with Gasteiger partial charge in [0.1, 0.15) is 6.54 Å². The Morgan fingerprint density at radius 3 is 2.83 bits per heavy atom. The van der Waals surface area contributed by atoms with Gasteiger partial charge in [-0.15, -0.1) is 0 Å². The zero-order valence-electron chi connectivity index (χ0n) is 13.3. The molecule has 2 fully saturated rings. The van der Waals surface area contributed by atoms with Gasteiger partial charge in [0.15, 0.2) is 0 Å².